The molecule has 0 bridgehead atoms. The number of para-hydroxylation sites is 6. The molecule has 0 aliphatic carbocycles. The maximum atomic E-state index is 5.30. The van der Waals surface area contributed by atoms with E-state index in [1.54, 1.807) is 0 Å². The molecule has 20 rings (SSSR count). The first-order valence-corrected chi connectivity index (χ1v) is 32.6. The molecule has 20 aromatic rings. The van der Waals surface area contributed by atoms with E-state index in [0.29, 0.717) is 0 Å². The van der Waals surface area contributed by atoms with Crippen molar-refractivity contribution in [1.82, 2.24) is 27.8 Å². The summed E-state index contributed by atoms with van der Waals surface area (Å²) in [6.07, 6.45) is 2.03. The van der Waals surface area contributed by atoms with Crippen LogP contribution in [-0.2, 0) is 0 Å². The van der Waals surface area contributed by atoms with Crippen molar-refractivity contribution in [2.45, 2.75) is 0 Å². The first kappa shape index (κ1) is 52.9. The van der Waals surface area contributed by atoms with Gasteiger partial charge in [-0.15, -0.1) is 0 Å². The minimum absolute atomic E-state index is 0.868. The Morgan fingerprint density at radius 1 is 0.179 bits per heavy atom. The van der Waals surface area contributed by atoms with Gasteiger partial charge in [-0.25, -0.2) is 4.98 Å². The maximum Gasteiger partial charge on any atom is 0.137 e. The van der Waals surface area contributed by atoms with Crippen LogP contribution in [0.4, 0.5) is 0 Å². The molecule has 0 aliphatic heterocycles. The van der Waals surface area contributed by atoms with Gasteiger partial charge in [0, 0.05) is 70.9 Å². The summed E-state index contributed by atoms with van der Waals surface area (Å²) in [5, 5.41) is 12.2. The lowest BCUT2D eigenvalue weighted by Crippen LogP contribution is -2.00. The molecule has 6 heterocycles. The van der Waals surface area contributed by atoms with Crippen molar-refractivity contribution in [2.24, 2.45) is 0 Å². The molecular weight excluding hydrogens is 1150 g/mol. The number of pyridine rings is 1. The quantitative estimate of drug-likeness (QED) is 0.142. The molecule has 0 N–H and O–H groups in total. The molecule has 0 saturated carbocycles. The Kier molecular flexibility index (Phi) is 11.6. The summed E-state index contributed by atoms with van der Waals surface area (Å²) in [6.45, 7) is 0. The predicted octanol–water partition coefficient (Wildman–Crippen LogP) is 23.2. The van der Waals surface area contributed by atoms with Gasteiger partial charge in [-0.1, -0.05) is 212 Å². The van der Waals surface area contributed by atoms with Gasteiger partial charge < -0.3 is 18.3 Å². The summed E-state index contributed by atoms with van der Waals surface area (Å²) < 4.78 is 11.9. The van der Waals surface area contributed by atoms with Crippen molar-refractivity contribution in [2.75, 3.05) is 0 Å². The van der Waals surface area contributed by atoms with E-state index in [1.165, 1.54) is 126 Å². The molecule has 0 unspecified atom stereocenters. The Hall–Kier alpha value is -12.8. The second kappa shape index (κ2) is 20.9. The van der Waals surface area contributed by atoms with Crippen LogP contribution >= 0.6 is 0 Å². The van der Waals surface area contributed by atoms with E-state index in [0.717, 1.165) is 56.2 Å². The van der Waals surface area contributed by atoms with E-state index < -0.39 is 0 Å². The van der Waals surface area contributed by atoms with Crippen LogP contribution in [0.5, 0.6) is 0 Å². The minimum Gasteiger partial charge on any atom is -0.309 e. The molecule has 6 nitrogen and oxygen atoms in total. The molecule has 14 aromatic carbocycles. The second-order valence-electron chi connectivity index (χ2n) is 25.1. The summed E-state index contributed by atoms with van der Waals surface area (Å²) in [4.78, 5) is 5.30. The summed E-state index contributed by atoms with van der Waals surface area (Å²) in [5.74, 6) is 0.868. The fourth-order valence-corrected chi connectivity index (χ4v) is 15.7. The number of aromatic nitrogens is 6. The average molecular weight is 1210 g/mol. The molecule has 6 aromatic heterocycles. The number of hydrogen-bond donors (Lipinski definition) is 0. The Morgan fingerprint density at radius 3 is 1.07 bits per heavy atom. The Balaban J connectivity index is 0.606. The Morgan fingerprint density at radius 2 is 0.526 bits per heavy atom. The first-order valence-electron chi connectivity index (χ1n) is 32.6. The van der Waals surface area contributed by atoms with Crippen LogP contribution in [0.1, 0.15) is 0 Å². The third-order valence-corrected chi connectivity index (χ3v) is 20.0. The molecule has 0 atom stereocenters. The maximum absolute atomic E-state index is 5.30. The normalized spacial score (nSPS) is 12.0. The van der Waals surface area contributed by atoms with Crippen molar-refractivity contribution < 1.29 is 0 Å². The topological polar surface area (TPSA) is 37.5 Å². The van der Waals surface area contributed by atoms with Gasteiger partial charge in [-0.05, 0) is 166 Å². The molecule has 0 saturated heterocycles. The van der Waals surface area contributed by atoms with Gasteiger partial charge in [0.1, 0.15) is 5.82 Å². The average Bonchev–Trinajstić information content (AvgIpc) is 1.61. The Labute approximate surface area is 546 Å². The van der Waals surface area contributed by atoms with Gasteiger partial charge >= 0.3 is 0 Å². The highest BCUT2D eigenvalue weighted by Gasteiger charge is 2.22. The van der Waals surface area contributed by atoms with Crippen LogP contribution in [0.25, 0.3) is 182 Å². The smallest absolute Gasteiger partial charge is 0.137 e. The van der Waals surface area contributed by atoms with E-state index in [-0.39, 0.29) is 0 Å². The molecule has 95 heavy (non-hydrogen) atoms. The van der Waals surface area contributed by atoms with E-state index in [9.17, 15) is 0 Å². The number of rotatable bonds is 9. The molecule has 0 amide bonds. The van der Waals surface area contributed by atoms with E-state index >= 15 is 0 Å². The number of nitrogens with zero attached hydrogens (tertiary/aromatic N) is 6. The van der Waals surface area contributed by atoms with Crippen molar-refractivity contribution in [3.63, 3.8) is 0 Å². The largest absolute Gasteiger partial charge is 0.309 e. The van der Waals surface area contributed by atoms with E-state index in [4.69, 9.17) is 4.98 Å². The fraction of sp³-hybridized carbons (Fsp3) is 0. The molecule has 0 spiro atoms. The van der Waals surface area contributed by atoms with Crippen LogP contribution in [-0.4, -0.2) is 27.8 Å². The summed E-state index contributed by atoms with van der Waals surface area (Å²) in [7, 11) is 0. The van der Waals surface area contributed by atoms with Crippen LogP contribution in [0.15, 0.2) is 340 Å². The van der Waals surface area contributed by atoms with Gasteiger partial charge in [0.25, 0.3) is 0 Å². The van der Waals surface area contributed by atoms with Gasteiger partial charge in [-0.2, -0.15) is 0 Å². The van der Waals surface area contributed by atoms with Crippen LogP contribution in [0, 0.1) is 0 Å². The Bertz CT molecular complexity index is 6440. The molecular formula is C89H56N6. The monoisotopic (exact) mass is 1210 g/mol. The fourth-order valence-electron chi connectivity index (χ4n) is 15.7. The van der Waals surface area contributed by atoms with E-state index in [2.05, 4.69) is 356 Å². The zero-order chi connectivity index (χ0) is 62.2. The zero-order valence-corrected chi connectivity index (χ0v) is 51.5. The molecule has 0 radical (unpaired) electrons. The van der Waals surface area contributed by atoms with Crippen LogP contribution in [0.2, 0.25) is 0 Å². The second-order valence-corrected chi connectivity index (χ2v) is 25.1. The van der Waals surface area contributed by atoms with Crippen LogP contribution < -0.4 is 0 Å². The molecule has 442 valence electrons. The highest BCUT2D eigenvalue weighted by Crippen LogP contribution is 2.43. The van der Waals surface area contributed by atoms with Crippen molar-refractivity contribution in [3.8, 4) is 73.1 Å². The lowest BCUT2D eigenvalue weighted by atomic mass is 9.97. The number of benzene rings is 14. The van der Waals surface area contributed by atoms with Gasteiger partial charge in [-0.3, -0.25) is 4.57 Å². The van der Waals surface area contributed by atoms with Crippen molar-refractivity contribution in [3.05, 3.63) is 340 Å². The lowest BCUT2D eigenvalue weighted by Gasteiger charge is -2.12. The first-order chi connectivity index (χ1) is 47.1. The highest BCUT2D eigenvalue weighted by atomic mass is 15.1. The number of fused-ring (bicyclic) bond motifs is 15. The zero-order valence-electron chi connectivity index (χ0n) is 51.5. The summed E-state index contributed by atoms with van der Waals surface area (Å²) >= 11 is 0. The lowest BCUT2D eigenvalue weighted by molar-refractivity contribution is 1.05. The SMILES string of the molecule is c1ccc(-c2cccc(-n3c4ccccc4c4cc(-c5ccc6c(c5)c5ccccc5n6-c5ccc(-c6ccc(-c7cccc8c7c7ccccc7n8-c7ccc(-n8c9ccccc9c9cc(-n%10c%11ccccc%11c%11ccccc%11%10)ccc98)cn7)cc6)cc5)ccc43)c2)cc1. The third kappa shape index (κ3) is 8.14. The van der Waals surface area contributed by atoms with Gasteiger partial charge in [0.2, 0.25) is 0 Å². The number of hydrogen-bond acceptors (Lipinski definition) is 1. The summed E-state index contributed by atoms with van der Waals surface area (Å²) in [5.41, 5.74) is 25.6. The van der Waals surface area contributed by atoms with Crippen LogP contribution in [0.3, 0.4) is 0 Å². The van der Waals surface area contributed by atoms with Gasteiger partial charge in [0.15, 0.2) is 0 Å². The van der Waals surface area contributed by atoms with Crippen molar-refractivity contribution in [1.29, 1.82) is 0 Å². The standard InChI is InChI=1S/C89H56N6/c1-2-18-57(19-3-1)61-20-16-21-65(52-61)92-81-32-13-7-25-72(81)76-54-63(43-49-85(76)92)62-42-48-84-75(53-62)71-24-6-12-31-80(71)91(84)64-44-40-59(41-45-64)58-36-38-60(39-37-58)68-28-17-35-87-89(68)74-27-9-15-34-83(74)95(87)88-51-47-67(56-90-88)94-82-33-14-8-26-73(82)77-55-66(46-50-86(77)94)93-78-29-10-4-22-69(78)70-23-5-11-30-79(70)93/h1-56H. The highest BCUT2D eigenvalue weighted by molar-refractivity contribution is 6.17. The van der Waals surface area contributed by atoms with Crippen molar-refractivity contribution >= 4 is 109 Å². The predicted molar refractivity (Wildman–Crippen MR) is 398 cm³/mol. The van der Waals surface area contributed by atoms with E-state index in [1.807, 2.05) is 6.20 Å². The molecule has 6 heteroatoms. The minimum atomic E-state index is 0.868. The summed E-state index contributed by atoms with van der Waals surface area (Å²) in [6, 6.07) is 122. The third-order valence-electron chi connectivity index (χ3n) is 20.0. The molecule has 0 aliphatic rings. The van der Waals surface area contributed by atoms with Gasteiger partial charge in [0.05, 0.1) is 67.1 Å². The molecule has 0 fully saturated rings.